The molecule has 1 saturated carbocycles. The van der Waals surface area contributed by atoms with E-state index >= 15 is 0 Å². The molecular formula is C10H10ClF3N2O. The van der Waals surface area contributed by atoms with Gasteiger partial charge in [0.2, 0.25) is 0 Å². The van der Waals surface area contributed by atoms with Gasteiger partial charge >= 0.3 is 6.18 Å². The van der Waals surface area contributed by atoms with E-state index in [1.807, 2.05) is 0 Å². The molecule has 7 heteroatoms. The molecule has 0 aromatic carbocycles. The van der Waals surface area contributed by atoms with Crippen LogP contribution >= 0.6 is 11.6 Å². The summed E-state index contributed by atoms with van der Waals surface area (Å²) in [5.41, 5.74) is -0.833. The second kappa shape index (κ2) is 4.34. The van der Waals surface area contributed by atoms with Crippen LogP contribution in [-0.2, 0) is 6.18 Å². The van der Waals surface area contributed by atoms with Crippen LogP contribution in [0.2, 0.25) is 5.15 Å². The van der Waals surface area contributed by atoms with E-state index < -0.39 is 11.7 Å². The number of anilines is 1. The van der Waals surface area contributed by atoms with E-state index in [-0.39, 0.29) is 23.1 Å². The summed E-state index contributed by atoms with van der Waals surface area (Å²) in [6, 6.07) is 1.65. The molecule has 0 saturated heterocycles. The lowest BCUT2D eigenvalue weighted by Crippen LogP contribution is -2.39. The molecule has 0 bridgehead atoms. The summed E-state index contributed by atoms with van der Waals surface area (Å²) in [6.45, 7) is 0. The third kappa shape index (κ3) is 3.01. The van der Waals surface area contributed by atoms with Crippen LogP contribution in [-0.4, -0.2) is 22.2 Å². The summed E-state index contributed by atoms with van der Waals surface area (Å²) < 4.78 is 37.5. The van der Waals surface area contributed by atoms with Gasteiger partial charge in [-0.2, -0.15) is 13.2 Å². The second-order valence-corrected chi connectivity index (χ2v) is 4.42. The van der Waals surface area contributed by atoms with E-state index in [0.717, 1.165) is 12.1 Å². The zero-order chi connectivity index (χ0) is 12.6. The molecule has 1 aromatic rings. The molecule has 1 fully saturated rings. The quantitative estimate of drug-likeness (QED) is 0.809. The number of aromatic nitrogens is 1. The van der Waals surface area contributed by atoms with Crippen LogP contribution in [0.1, 0.15) is 18.4 Å². The van der Waals surface area contributed by atoms with Gasteiger partial charge in [-0.1, -0.05) is 11.6 Å². The minimum Gasteiger partial charge on any atom is -0.393 e. The Hall–Kier alpha value is -1.01. The van der Waals surface area contributed by atoms with Gasteiger partial charge in [0.25, 0.3) is 0 Å². The van der Waals surface area contributed by atoms with Gasteiger partial charge in [0.1, 0.15) is 11.0 Å². The van der Waals surface area contributed by atoms with Crippen LogP contribution in [0.5, 0.6) is 0 Å². The summed E-state index contributed by atoms with van der Waals surface area (Å²) >= 11 is 5.53. The van der Waals surface area contributed by atoms with E-state index in [1.54, 1.807) is 0 Å². The van der Waals surface area contributed by atoms with Gasteiger partial charge in [0.05, 0.1) is 11.7 Å². The average molecular weight is 267 g/mol. The summed E-state index contributed by atoms with van der Waals surface area (Å²) in [5.74, 6) is 0.0849. The number of nitrogens with one attached hydrogen (secondary N) is 1. The highest BCUT2D eigenvalue weighted by atomic mass is 35.5. The van der Waals surface area contributed by atoms with Crippen molar-refractivity contribution in [3.05, 3.63) is 22.8 Å². The highest BCUT2D eigenvalue weighted by Gasteiger charge is 2.32. The summed E-state index contributed by atoms with van der Waals surface area (Å²) in [4.78, 5) is 3.77. The molecule has 94 valence electrons. The number of aliphatic hydroxyl groups is 1. The van der Waals surface area contributed by atoms with Gasteiger partial charge in [-0.25, -0.2) is 4.98 Å². The highest BCUT2D eigenvalue weighted by Crippen LogP contribution is 2.33. The summed E-state index contributed by atoms with van der Waals surface area (Å²) in [7, 11) is 0. The van der Waals surface area contributed by atoms with Crippen LogP contribution in [0.15, 0.2) is 12.1 Å². The van der Waals surface area contributed by atoms with Crippen molar-refractivity contribution in [1.82, 2.24) is 4.98 Å². The Bertz CT molecular complexity index is 419. The van der Waals surface area contributed by atoms with Crippen LogP contribution in [0.3, 0.4) is 0 Å². The maximum atomic E-state index is 12.5. The maximum absolute atomic E-state index is 12.5. The van der Waals surface area contributed by atoms with Crippen molar-refractivity contribution in [3.63, 3.8) is 0 Å². The van der Waals surface area contributed by atoms with E-state index in [2.05, 4.69) is 10.3 Å². The molecule has 1 aliphatic carbocycles. The first kappa shape index (κ1) is 12.4. The Morgan fingerprint density at radius 1 is 1.35 bits per heavy atom. The van der Waals surface area contributed by atoms with Gasteiger partial charge in [-0.05, 0) is 25.0 Å². The van der Waals surface area contributed by atoms with Gasteiger partial charge < -0.3 is 10.4 Å². The second-order valence-electron chi connectivity index (χ2n) is 4.03. The zero-order valence-corrected chi connectivity index (χ0v) is 9.39. The fourth-order valence-corrected chi connectivity index (χ4v) is 1.86. The molecular weight excluding hydrogens is 257 g/mol. The first-order chi connectivity index (χ1) is 7.84. The monoisotopic (exact) mass is 266 g/mol. The highest BCUT2D eigenvalue weighted by molar-refractivity contribution is 6.29. The molecule has 0 amide bonds. The number of rotatable bonds is 2. The lowest BCUT2D eigenvalue weighted by atomic mass is 9.89. The van der Waals surface area contributed by atoms with E-state index in [1.165, 1.54) is 0 Å². The fraction of sp³-hybridized carbons (Fsp3) is 0.500. The topological polar surface area (TPSA) is 45.1 Å². The first-order valence-electron chi connectivity index (χ1n) is 5.04. The van der Waals surface area contributed by atoms with Crippen LogP contribution in [0, 0.1) is 0 Å². The summed E-state index contributed by atoms with van der Waals surface area (Å²) in [6.07, 6.45) is -3.80. The fourth-order valence-electron chi connectivity index (χ4n) is 1.65. The Balaban J connectivity index is 2.14. The molecule has 0 aliphatic heterocycles. The molecule has 17 heavy (non-hydrogen) atoms. The summed E-state index contributed by atoms with van der Waals surface area (Å²) in [5, 5.41) is 11.7. The Morgan fingerprint density at radius 3 is 2.53 bits per heavy atom. The van der Waals surface area contributed by atoms with Gasteiger partial charge in [0.15, 0.2) is 0 Å². The maximum Gasteiger partial charge on any atom is 0.416 e. The van der Waals surface area contributed by atoms with Crippen LogP contribution in [0.25, 0.3) is 0 Å². The minimum absolute atomic E-state index is 0.0444. The molecule has 1 aromatic heterocycles. The third-order valence-corrected chi connectivity index (χ3v) is 2.78. The largest absolute Gasteiger partial charge is 0.416 e. The van der Waals surface area contributed by atoms with Gasteiger partial charge in [0, 0.05) is 6.04 Å². The number of hydrogen-bond donors (Lipinski definition) is 2. The Morgan fingerprint density at radius 2 is 2.00 bits per heavy atom. The van der Waals surface area contributed by atoms with Crippen molar-refractivity contribution in [2.75, 3.05) is 5.32 Å². The molecule has 1 aliphatic rings. The van der Waals surface area contributed by atoms with Crippen molar-refractivity contribution in [1.29, 1.82) is 0 Å². The van der Waals surface area contributed by atoms with Crippen molar-refractivity contribution in [2.24, 2.45) is 0 Å². The van der Waals surface area contributed by atoms with E-state index in [4.69, 9.17) is 16.7 Å². The standard InChI is InChI=1S/C10H10ClF3N2O/c11-8-1-5(10(12,13)14)2-9(16-8)15-6-3-7(17)4-6/h1-2,6-7,17H,3-4H2,(H,15,16). The molecule has 1 heterocycles. The van der Waals surface area contributed by atoms with Crippen molar-refractivity contribution in [3.8, 4) is 0 Å². The molecule has 2 rings (SSSR count). The number of halogens is 4. The zero-order valence-electron chi connectivity index (χ0n) is 8.63. The van der Waals surface area contributed by atoms with Crippen molar-refractivity contribution >= 4 is 17.4 Å². The molecule has 0 spiro atoms. The smallest absolute Gasteiger partial charge is 0.393 e. The molecule has 2 N–H and O–H groups in total. The molecule has 0 radical (unpaired) electrons. The SMILES string of the molecule is OC1CC(Nc2cc(C(F)(F)F)cc(Cl)n2)C1. The normalized spacial score (nSPS) is 24.3. The number of pyridine rings is 1. The molecule has 3 nitrogen and oxygen atoms in total. The Labute approximate surface area is 101 Å². The van der Waals surface area contributed by atoms with Gasteiger partial charge in [-0.3, -0.25) is 0 Å². The van der Waals surface area contributed by atoms with Crippen molar-refractivity contribution < 1.29 is 18.3 Å². The van der Waals surface area contributed by atoms with Crippen LogP contribution in [0.4, 0.5) is 19.0 Å². The molecule has 0 unspecified atom stereocenters. The number of nitrogens with zero attached hydrogens (tertiary/aromatic N) is 1. The predicted octanol–water partition coefficient (Wildman–Crippen LogP) is 2.69. The minimum atomic E-state index is -4.44. The first-order valence-corrected chi connectivity index (χ1v) is 5.42. The van der Waals surface area contributed by atoms with E-state index in [0.29, 0.717) is 12.8 Å². The lowest BCUT2D eigenvalue weighted by molar-refractivity contribution is -0.137. The average Bonchev–Trinajstić information content (AvgIpc) is 2.13. The third-order valence-electron chi connectivity index (χ3n) is 2.59. The Kier molecular flexibility index (Phi) is 3.18. The predicted molar refractivity (Wildman–Crippen MR) is 56.9 cm³/mol. The number of alkyl halides is 3. The molecule has 0 atom stereocenters. The lowest BCUT2D eigenvalue weighted by Gasteiger charge is -2.32. The van der Waals surface area contributed by atoms with Crippen LogP contribution < -0.4 is 5.32 Å². The van der Waals surface area contributed by atoms with Crippen molar-refractivity contribution in [2.45, 2.75) is 31.2 Å². The number of aliphatic hydroxyl groups excluding tert-OH is 1. The van der Waals surface area contributed by atoms with Gasteiger partial charge in [-0.15, -0.1) is 0 Å². The number of hydrogen-bond acceptors (Lipinski definition) is 3. The van der Waals surface area contributed by atoms with E-state index in [9.17, 15) is 13.2 Å².